The van der Waals surface area contributed by atoms with Crippen LogP contribution in [0.15, 0.2) is 35.1 Å². The van der Waals surface area contributed by atoms with Crippen molar-refractivity contribution in [1.29, 1.82) is 0 Å². The smallest absolute Gasteiger partial charge is 0.251 e. The van der Waals surface area contributed by atoms with Crippen molar-refractivity contribution in [1.82, 2.24) is 4.57 Å². The minimum Gasteiger partial charge on any atom is -0.330 e. The van der Waals surface area contributed by atoms with E-state index in [2.05, 4.69) is 0 Å². The maximum absolute atomic E-state index is 13.1. The minimum absolute atomic E-state index is 0.119. The Labute approximate surface area is 92.3 Å². The molecule has 2 aromatic rings. The van der Waals surface area contributed by atoms with Crippen LogP contribution in [0.1, 0.15) is 6.42 Å². The molecule has 0 spiro atoms. The second kappa shape index (κ2) is 4.45. The molecule has 0 aliphatic heterocycles. The molecule has 0 fully saturated rings. The molecule has 0 saturated carbocycles. The molecular formula is C12H13FN2O. The highest BCUT2D eigenvalue weighted by Gasteiger charge is 2.03. The normalized spacial score (nSPS) is 10.9. The summed E-state index contributed by atoms with van der Waals surface area (Å²) in [5, 5.41) is 0.859. The van der Waals surface area contributed by atoms with E-state index in [4.69, 9.17) is 5.73 Å². The van der Waals surface area contributed by atoms with E-state index in [0.29, 0.717) is 25.0 Å². The first-order valence-corrected chi connectivity index (χ1v) is 5.21. The maximum atomic E-state index is 13.1. The molecule has 2 N–H and O–H groups in total. The first-order valence-electron chi connectivity index (χ1n) is 5.21. The summed E-state index contributed by atoms with van der Waals surface area (Å²) in [6.45, 7) is 1.04. The fraction of sp³-hybridized carbons (Fsp3) is 0.250. The molecule has 0 aliphatic rings. The predicted molar refractivity (Wildman–Crippen MR) is 61.8 cm³/mol. The molecule has 0 bridgehead atoms. The Balaban J connectivity index is 2.63. The summed E-state index contributed by atoms with van der Waals surface area (Å²) in [5.41, 5.74) is 5.92. The molecule has 1 heterocycles. The Morgan fingerprint density at radius 3 is 2.75 bits per heavy atom. The number of rotatable bonds is 3. The lowest BCUT2D eigenvalue weighted by molar-refractivity contribution is 0.622. The third-order valence-corrected chi connectivity index (χ3v) is 2.54. The van der Waals surface area contributed by atoms with E-state index in [0.717, 1.165) is 5.39 Å². The van der Waals surface area contributed by atoms with Crippen LogP contribution >= 0.6 is 0 Å². The zero-order valence-corrected chi connectivity index (χ0v) is 8.82. The third kappa shape index (κ3) is 1.97. The summed E-state index contributed by atoms with van der Waals surface area (Å²) >= 11 is 0. The van der Waals surface area contributed by atoms with E-state index in [1.807, 2.05) is 0 Å². The summed E-state index contributed by atoms with van der Waals surface area (Å²) in [6.07, 6.45) is 0.704. The zero-order chi connectivity index (χ0) is 11.5. The van der Waals surface area contributed by atoms with Crippen molar-refractivity contribution < 1.29 is 4.39 Å². The molecule has 0 aliphatic carbocycles. The molecule has 0 saturated heterocycles. The van der Waals surface area contributed by atoms with Gasteiger partial charge in [-0.1, -0.05) is 0 Å². The number of halogens is 1. The number of aromatic nitrogens is 1. The number of nitrogens with zero attached hydrogens (tertiary/aromatic N) is 1. The van der Waals surface area contributed by atoms with Gasteiger partial charge in [0.1, 0.15) is 5.82 Å². The van der Waals surface area contributed by atoms with E-state index >= 15 is 0 Å². The number of benzene rings is 1. The van der Waals surface area contributed by atoms with Gasteiger partial charge in [0.15, 0.2) is 0 Å². The number of fused-ring (bicyclic) bond motifs is 1. The molecule has 4 heteroatoms. The van der Waals surface area contributed by atoms with Crippen LogP contribution in [0.25, 0.3) is 10.9 Å². The van der Waals surface area contributed by atoms with Crippen molar-refractivity contribution in [3.05, 3.63) is 46.5 Å². The van der Waals surface area contributed by atoms with Crippen LogP contribution in [0.5, 0.6) is 0 Å². The predicted octanol–water partition coefficient (Wildman–Crippen LogP) is 1.49. The highest BCUT2D eigenvalue weighted by molar-refractivity contribution is 5.78. The van der Waals surface area contributed by atoms with E-state index in [1.54, 1.807) is 16.7 Å². The molecule has 0 amide bonds. The molecule has 3 nitrogen and oxygen atoms in total. The monoisotopic (exact) mass is 220 g/mol. The fourth-order valence-corrected chi connectivity index (χ4v) is 1.74. The van der Waals surface area contributed by atoms with Crippen LogP contribution in [0.2, 0.25) is 0 Å². The van der Waals surface area contributed by atoms with Gasteiger partial charge in [0.2, 0.25) is 0 Å². The topological polar surface area (TPSA) is 48.0 Å². The standard InChI is InChI=1S/C12H13FN2O/c13-10-4-2-9-3-5-12(16)15(7-1-6-14)11(9)8-10/h2-5,8H,1,6-7,14H2. The van der Waals surface area contributed by atoms with Crippen LogP contribution in [-0.4, -0.2) is 11.1 Å². The summed E-state index contributed by atoms with van der Waals surface area (Å²) < 4.78 is 14.7. The molecule has 1 aromatic carbocycles. The Kier molecular flexibility index (Phi) is 3.01. The summed E-state index contributed by atoms with van der Waals surface area (Å²) in [6, 6.07) is 7.64. The number of nitrogens with two attached hydrogens (primary N) is 1. The average molecular weight is 220 g/mol. The van der Waals surface area contributed by atoms with Gasteiger partial charge in [-0.3, -0.25) is 4.79 Å². The highest BCUT2D eigenvalue weighted by Crippen LogP contribution is 2.13. The van der Waals surface area contributed by atoms with E-state index in [-0.39, 0.29) is 11.4 Å². The van der Waals surface area contributed by atoms with E-state index in [1.165, 1.54) is 18.2 Å². The van der Waals surface area contributed by atoms with Crippen molar-refractivity contribution in [3.63, 3.8) is 0 Å². The van der Waals surface area contributed by atoms with Crippen molar-refractivity contribution in [2.24, 2.45) is 5.73 Å². The Bertz CT molecular complexity index is 562. The zero-order valence-electron chi connectivity index (χ0n) is 8.82. The number of hydrogen-bond donors (Lipinski definition) is 1. The van der Waals surface area contributed by atoms with Gasteiger partial charge in [0, 0.05) is 12.6 Å². The molecule has 84 valence electrons. The lowest BCUT2D eigenvalue weighted by Crippen LogP contribution is -2.20. The molecule has 1 aromatic heterocycles. The van der Waals surface area contributed by atoms with Crippen molar-refractivity contribution in [3.8, 4) is 0 Å². The van der Waals surface area contributed by atoms with Crippen molar-refractivity contribution in [2.45, 2.75) is 13.0 Å². The number of hydrogen-bond acceptors (Lipinski definition) is 2. The van der Waals surface area contributed by atoms with Crippen LogP contribution in [0.4, 0.5) is 4.39 Å². The summed E-state index contributed by atoms with van der Waals surface area (Å²) in [7, 11) is 0. The van der Waals surface area contributed by atoms with E-state index in [9.17, 15) is 9.18 Å². The van der Waals surface area contributed by atoms with Crippen molar-refractivity contribution >= 4 is 10.9 Å². The second-order valence-corrected chi connectivity index (χ2v) is 3.67. The fourth-order valence-electron chi connectivity index (χ4n) is 1.74. The molecular weight excluding hydrogens is 207 g/mol. The van der Waals surface area contributed by atoms with E-state index < -0.39 is 0 Å². The Hall–Kier alpha value is -1.68. The van der Waals surface area contributed by atoms with Gasteiger partial charge in [-0.05, 0) is 42.6 Å². The van der Waals surface area contributed by atoms with Crippen LogP contribution in [0, 0.1) is 5.82 Å². The molecule has 0 unspecified atom stereocenters. The molecule has 16 heavy (non-hydrogen) atoms. The second-order valence-electron chi connectivity index (χ2n) is 3.67. The maximum Gasteiger partial charge on any atom is 0.251 e. The average Bonchev–Trinajstić information content (AvgIpc) is 2.28. The third-order valence-electron chi connectivity index (χ3n) is 2.54. The lowest BCUT2D eigenvalue weighted by atomic mass is 10.2. The van der Waals surface area contributed by atoms with Gasteiger partial charge in [-0.2, -0.15) is 0 Å². The first-order chi connectivity index (χ1) is 7.72. The summed E-state index contributed by atoms with van der Waals surface area (Å²) in [5.74, 6) is -0.334. The van der Waals surface area contributed by atoms with Gasteiger partial charge >= 0.3 is 0 Å². The molecule has 2 rings (SSSR count). The van der Waals surface area contributed by atoms with Crippen molar-refractivity contribution in [2.75, 3.05) is 6.54 Å². The first kappa shape index (κ1) is 10.8. The van der Waals surface area contributed by atoms with Crippen LogP contribution < -0.4 is 11.3 Å². The highest BCUT2D eigenvalue weighted by atomic mass is 19.1. The minimum atomic E-state index is -0.334. The number of pyridine rings is 1. The molecule has 0 atom stereocenters. The molecule has 0 radical (unpaired) electrons. The van der Waals surface area contributed by atoms with Gasteiger partial charge in [-0.15, -0.1) is 0 Å². The quantitative estimate of drug-likeness (QED) is 0.851. The lowest BCUT2D eigenvalue weighted by Gasteiger charge is -2.09. The Morgan fingerprint density at radius 1 is 1.25 bits per heavy atom. The van der Waals surface area contributed by atoms with Crippen LogP contribution in [-0.2, 0) is 6.54 Å². The van der Waals surface area contributed by atoms with Crippen LogP contribution in [0.3, 0.4) is 0 Å². The van der Waals surface area contributed by atoms with Gasteiger partial charge in [0.25, 0.3) is 5.56 Å². The number of aryl methyl sites for hydroxylation is 1. The van der Waals surface area contributed by atoms with Gasteiger partial charge < -0.3 is 10.3 Å². The summed E-state index contributed by atoms with van der Waals surface area (Å²) in [4.78, 5) is 11.7. The van der Waals surface area contributed by atoms with Gasteiger partial charge in [-0.25, -0.2) is 4.39 Å². The Morgan fingerprint density at radius 2 is 2.00 bits per heavy atom. The van der Waals surface area contributed by atoms with Gasteiger partial charge in [0.05, 0.1) is 5.52 Å². The largest absolute Gasteiger partial charge is 0.330 e. The SMILES string of the molecule is NCCCn1c(=O)ccc2ccc(F)cc21.